The van der Waals surface area contributed by atoms with Gasteiger partial charge in [0.05, 0.1) is 38.1 Å². The molecule has 0 bridgehead atoms. The summed E-state index contributed by atoms with van der Waals surface area (Å²) in [6, 6.07) is 4.22. The van der Waals surface area contributed by atoms with Gasteiger partial charge in [0.25, 0.3) is 0 Å². The number of benzene rings is 1. The Morgan fingerprint density at radius 2 is 2.22 bits per heavy atom. The molecule has 18 heavy (non-hydrogen) atoms. The van der Waals surface area contributed by atoms with Gasteiger partial charge in [-0.1, -0.05) is 6.07 Å². The lowest BCUT2D eigenvalue weighted by Gasteiger charge is -2.36. The lowest BCUT2D eigenvalue weighted by atomic mass is 9.87. The highest BCUT2D eigenvalue weighted by molar-refractivity contribution is 5.79. The summed E-state index contributed by atoms with van der Waals surface area (Å²) in [5.41, 5.74) is 2.16. The van der Waals surface area contributed by atoms with Crippen molar-refractivity contribution in [2.75, 3.05) is 13.7 Å². The van der Waals surface area contributed by atoms with Crippen LogP contribution in [0.1, 0.15) is 24.0 Å². The van der Waals surface area contributed by atoms with Crippen LogP contribution in [0.5, 0.6) is 11.5 Å². The number of ether oxygens (including phenoxy) is 1. The maximum Gasteiger partial charge on any atom is 0.166 e. The van der Waals surface area contributed by atoms with E-state index >= 15 is 0 Å². The lowest BCUT2D eigenvalue weighted by Crippen LogP contribution is -3.16. The Balaban J connectivity index is 1.95. The number of methoxy groups -OCH3 is 1. The quantitative estimate of drug-likeness (QED) is 0.739. The molecule has 0 saturated carbocycles. The minimum atomic E-state index is 0.276. The summed E-state index contributed by atoms with van der Waals surface area (Å²) in [7, 11) is 1.57. The maximum absolute atomic E-state index is 11.5. The van der Waals surface area contributed by atoms with Gasteiger partial charge in [-0.15, -0.1) is 0 Å². The average molecular weight is 248 g/mol. The molecule has 2 aliphatic rings. The van der Waals surface area contributed by atoms with Gasteiger partial charge in [0.1, 0.15) is 12.3 Å². The second kappa shape index (κ2) is 4.28. The van der Waals surface area contributed by atoms with Crippen molar-refractivity contribution >= 4 is 5.78 Å². The van der Waals surface area contributed by atoms with E-state index in [1.807, 2.05) is 12.1 Å². The number of nitrogens with one attached hydrogen (secondary N) is 1. The zero-order chi connectivity index (χ0) is 12.7. The van der Waals surface area contributed by atoms with Crippen LogP contribution < -0.4 is 9.64 Å². The predicted molar refractivity (Wildman–Crippen MR) is 65.9 cm³/mol. The van der Waals surface area contributed by atoms with Gasteiger partial charge in [-0.3, -0.25) is 4.79 Å². The average Bonchev–Trinajstić information content (AvgIpc) is 2.37. The monoisotopic (exact) mass is 248 g/mol. The van der Waals surface area contributed by atoms with Crippen LogP contribution in [-0.4, -0.2) is 30.6 Å². The van der Waals surface area contributed by atoms with Crippen molar-refractivity contribution in [2.45, 2.75) is 31.8 Å². The van der Waals surface area contributed by atoms with Crippen molar-refractivity contribution in [3.63, 3.8) is 0 Å². The number of rotatable bonds is 1. The first-order chi connectivity index (χ1) is 8.69. The van der Waals surface area contributed by atoms with Gasteiger partial charge in [0.15, 0.2) is 11.5 Å². The summed E-state index contributed by atoms with van der Waals surface area (Å²) in [6.45, 7) is 1.69. The van der Waals surface area contributed by atoms with Gasteiger partial charge in [-0.05, 0) is 11.6 Å². The molecule has 1 saturated heterocycles. The van der Waals surface area contributed by atoms with Crippen LogP contribution in [0.3, 0.4) is 0 Å². The number of carbonyl (C=O) groups excluding carboxylic acids is 1. The zero-order valence-corrected chi connectivity index (χ0v) is 10.5. The third-order valence-electron chi connectivity index (χ3n) is 4.21. The summed E-state index contributed by atoms with van der Waals surface area (Å²) >= 11 is 0. The van der Waals surface area contributed by atoms with Crippen LogP contribution in [-0.2, 0) is 17.8 Å². The molecule has 3 rings (SSSR count). The fourth-order valence-electron chi connectivity index (χ4n) is 3.18. The summed E-state index contributed by atoms with van der Waals surface area (Å²) in [5.74, 6) is 1.20. The van der Waals surface area contributed by atoms with E-state index in [9.17, 15) is 9.90 Å². The molecular formula is C14H18NO3+. The molecule has 2 heterocycles. The molecule has 0 aromatic heterocycles. The summed E-state index contributed by atoms with van der Waals surface area (Å²) < 4.78 is 5.15. The van der Waals surface area contributed by atoms with E-state index in [4.69, 9.17) is 4.74 Å². The summed E-state index contributed by atoms with van der Waals surface area (Å²) in [6.07, 6.45) is 2.24. The number of fused-ring (bicyclic) bond motifs is 2. The van der Waals surface area contributed by atoms with Crippen molar-refractivity contribution in [1.29, 1.82) is 0 Å². The number of piperidine rings is 1. The van der Waals surface area contributed by atoms with E-state index in [1.165, 1.54) is 4.90 Å². The summed E-state index contributed by atoms with van der Waals surface area (Å²) in [5, 5.41) is 10.2. The Bertz CT molecular complexity index is 498. The Kier molecular flexibility index (Phi) is 2.74. The number of Topliss-reactive ketones (excluding diaryl/α,β-unsaturated/α-hetero) is 1. The van der Waals surface area contributed by atoms with Gasteiger partial charge in [-0.2, -0.15) is 0 Å². The van der Waals surface area contributed by atoms with Crippen LogP contribution in [0.4, 0.5) is 0 Å². The fraction of sp³-hybridized carbons (Fsp3) is 0.500. The molecule has 4 nitrogen and oxygen atoms in total. The van der Waals surface area contributed by atoms with Gasteiger partial charge in [0, 0.05) is 6.42 Å². The molecule has 1 aromatic carbocycles. The molecule has 0 spiro atoms. The zero-order valence-electron chi connectivity index (χ0n) is 10.5. The number of hydrogen-bond acceptors (Lipinski definition) is 3. The molecule has 1 unspecified atom stereocenters. The first-order valence-electron chi connectivity index (χ1n) is 6.43. The van der Waals surface area contributed by atoms with Crippen LogP contribution in [0.25, 0.3) is 0 Å². The second-order valence-electron chi connectivity index (χ2n) is 5.23. The molecule has 2 atom stereocenters. The highest BCUT2D eigenvalue weighted by Crippen LogP contribution is 2.34. The first kappa shape index (κ1) is 11.5. The fourth-order valence-corrected chi connectivity index (χ4v) is 3.18. The van der Waals surface area contributed by atoms with Crippen LogP contribution in [0.15, 0.2) is 12.1 Å². The van der Waals surface area contributed by atoms with Crippen LogP contribution in [0, 0.1) is 0 Å². The Labute approximate surface area is 106 Å². The van der Waals surface area contributed by atoms with Crippen LogP contribution >= 0.6 is 0 Å². The number of hydrogen-bond donors (Lipinski definition) is 2. The highest BCUT2D eigenvalue weighted by Gasteiger charge is 2.36. The number of aromatic hydroxyl groups is 1. The van der Waals surface area contributed by atoms with E-state index in [0.29, 0.717) is 30.4 Å². The van der Waals surface area contributed by atoms with Gasteiger partial charge in [0.2, 0.25) is 0 Å². The van der Waals surface area contributed by atoms with Crippen molar-refractivity contribution in [2.24, 2.45) is 0 Å². The molecule has 1 fully saturated rings. The van der Waals surface area contributed by atoms with Crippen molar-refractivity contribution < 1.29 is 19.5 Å². The molecule has 0 radical (unpaired) electrons. The second-order valence-corrected chi connectivity index (χ2v) is 5.23. The molecule has 0 amide bonds. The number of carbonyl (C=O) groups is 1. The van der Waals surface area contributed by atoms with E-state index < -0.39 is 0 Å². The van der Waals surface area contributed by atoms with Crippen molar-refractivity contribution in [1.82, 2.24) is 0 Å². The largest absolute Gasteiger partial charge is 0.504 e. The molecule has 96 valence electrons. The number of phenolic OH excluding ortho intramolecular Hbond substituents is 1. The Hall–Kier alpha value is -1.55. The van der Waals surface area contributed by atoms with Gasteiger partial charge in [-0.25, -0.2) is 0 Å². The lowest BCUT2D eigenvalue weighted by molar-refractivity contribution is -0.942. The molecular weight excluding hydrogens is 230 g/mol. The van der Waals surface area contributed by atoms with Crippen molar-refractivity contribution in [3.8, 4) is 11.5 Å². The topological polar surface area (TPSA) is 51.0 Å². The Morgan fingerprint density at radius 1 is 1.39 bits per heavy atom. The standard InChI is InChI=1S/C14H17NO3/c1-18-13-3-2-9-6-10-7-11(16)4-5-15(10)8-12(9)14(13)17/h2-3,10,17H,4-8H2,1H3/p+1/t10-/m1/s1. The highest BCUT2D eigenvalue weighted by atomic mass is 16.5. The Morgan fingerprint density at radius 3 is 3.00 bits per heavy atom. The molecule has 4 heteroatoms. The number of phenols is 1. The van der Waals surface area contributed by atoms with Gasteiger partial charge >= 0.3 is 0 Å². The molecule has 1 aromatic rings. The number of ketones is 1. The minimum Gasteiger partial charge on any atom is -0.504 e. The maximum atomic E-state index is 11.5. The summed E-state index contributed by atoms with van der Waals surface area (Å²) in [4.78, 5) is 12.9. The minimum absolute atomic E-state index is 0.276. The smallest absolute Gasteiger partial charge is 0.166 e. The molecule has 0 aliphatic carbocycles. The third-order valence-corrected chi connectivity index (χ3v) is 4.21. The molecule has 2 aliphatic heterocycles. The first-order valence-corrected chi connectivity index (χ1v) is 6.43. The normalized spacial score (nSPS) is 26.4. The molecule has 2 N–H and O–H groups in total. The number of quaternary nitrogens is 1. The van der Waals surface area contributed by atoms with E-state index in [2.05, 4.69) is 0 Å². The van der Waals surface area contributed by atoms with Crippen LogP contribution in [0.2, 0.25) is 0 Å². The van der Waals surface area contributed by atoms with Crippen molar-refractivity contribution in [3.05, 3.63) is 23.3 Å². The SMILES string of the molecule is COc1ccc2c(c1O)C[NH+]1CCC(=O)C[C@H]1C2. The van der Waals surface area contributed by atoms with E-state index in [0.717, 1.165) is 30.6 Å². The predicted octanol–water partition coefficient (Wildman–Crippen LogP) is 0.0733. The third kappa shape index (κ3) is 1.77. The van der Waals surface area contributed by atoms with E-state index in [-0.39, 0.29) is 5.75 Å². The van der Waals surface area contributed by atoms with Gasteiger partial charge < -0.3 is 14.7 Å². The van der Waals surface area contributed by atoms with E-state index in [1.54, 1.807) is 7.11 Å².